The zero-order valence-electron chi connectivity index (χ0n) is 6.92. The smallest absolute Gasteiger partial charge is 0.225 e. The van der Waals surface area contributed by atoms with E-state index in [2.05, 4.69) is 10.0 Å². The molecule has 1 heterocycles. The molecule has 2 N–H and O–H groups in total. The van der Waals surface area contributed by atoms with Gasteiger partial charge in [0.1, 0.15) is 5.21 Å². The van der Waals surface area contributed by atoms with Crippen LogP contribution in [0.3, 0.4) is 0 Å². The molecule has 76 valence electrons. The molecule has 7 heteroatoms. The predicted octanol–water partition coefficient (Wildman–Crippen LogP) is -0.619. The third kappa shape index (κ3) is 3.50. The van der Waals surface area contributed by atoms with Gasteiger partial charge in [-0.2, -0.15) is 0 Å². The number of carbonyl (C=O) groups is 1. The molecule has 0 radical (unpaired) electrons. The van der Waals surface area contributed by atoms with Crippen molar-refractivity contribution in [2.45, 2.75) is 18.9 Å². The van der Waals surface area contributed by atoms with Crippen LogP contribution in [0, 0.1) is 0 Å². The summed E-state index contributed by atoms with van der Waals surface area (Å²) >= 11 is 5.17. The lowest BCUT2D eigenvalue weighted by Crippen LogP contribution is -2.38. The SMILES string of the molecule is O=C1CCC(CNS(=O)(=O)CCl)N1. The second-order valence-corrected chi connectivity index (χ2v) is 5.27. The van der Waals surface area contributed by atoms with Gasteiger partial charge in [-0.3, -0.25) is 4.79 Å². The fraction of sp³-hybridized carbons (Fsp3) is 0.833. The van der Waals surface area contributed by atoms with E-state index in [0.717, 1.165) is 0 Å². The quantitative estimate of drug-likeness (QED) is 0.628. The van der Waals surface area contributed by atoms with E-state index in [9.17, 15) is 13.2 Å². The summed E-state index contributed by atoms with van der Waals surface area (Å²) in [5, 5.41) is 2.19. The van der Waals surface area contributed by atoms with E-state index in [4.69, 9.17) is 11.6 Å². The van der Waals surface area contributed by atoms with Crippen molar-refractivity contribution in [2.24, 2.45) is 0 Å². The number of halogens is 1. The number of alkyl halides is 1. The number of hydrogen-bond donors (Lipinski definition) is 2. The van der Waals surface area contributed by atoms with Crippen molar-refractivity contribution < 1.29 is 13.2 Å². The van der Waals surface area contributed by atoms with Crippen LogP contribution in [-0.2, 0) is 14.8 Å². The Morgan fingerprint density at radius 1 is 1.62 bits per heavy atom. The lowest BCUT2D eigenvalue weighted by Gasteiger charge is -2.09. The molecule has 1 rings (SSSR count). The fourth-order valence-corrected chi connectivity index (χ4v) is 1.86. The van der Waals surface area contributed by atoms with E-state index >= 15 is 0 Å². The molecule has 1 amide bonds. The molecule has 1 unspecified atom stereocenters. The normalized spacial score (nSPS) is 23.2. The Labute approximate surface area is 81.9 Å². The van der Waals surface area contributed by atoms with Crippen LogP contribution in [0.25, 0.3) is 0 Å². The number of hydrogen-bond acceptors (Lipinski definition) is 3. The van der Waals surface area contributed by atoms with E-state index < -0.39 is 15.2 Å². The molecule has 5 nitrogen and oxygen atoms in total. The molecule has 0 aliphatic carbocycles. The van der Waals surface area contributed by atoms with E-state index in [1.54, 1.807) is 0 Å². The van der Waals surface area contributed by atoms with Gasteiger partial charge in [0, 0.05) is 19.0 Å². The Hall–Kier alpha value is -0.330. The lowest BCUT2D eigenvalue weighted by molar-refractivity contribution is -0.119. The highest BCUT2D eigenvalue weighted by Gasteiger charge is 2.21. The summed E-state index contributed by atoms with van der Waals surface area (Å²) in [6, 6.07) is -0.0921. The van der Waals surface area contributed by atoms with Gasteiger partial charge in [0.25, 0.3) is 0 Å². The van der Waals surface area contributed by atoms with Crippen LogP contribution >= 0.6 is 11.6 Å². The zero-order chi connectivity index (χ0) is 9.90. The molecular formula is C6H11ClN2O3S. The van der Waals surface area contributed by atoms with Gasteiger partial charge < -0.3 is 5.32 Å². The molecular weight excluding hydrogens is 216 g/mol. The van der Waals surface area contributed by atoms with Crippen LogP contribution in [-0.4, -0.2) is 32.1 Å². The van der Waals surface area contributed by atoms with E-state index in [0.29, 0.717) is 12.8 Å². The molecule has 1 saturated heterocycles. The summed E-state index contributed by atoms with van der Waals surface area (Å²) in [4.78, 5) is 10.7. The Bertz CT molecular complexity index is 290. The van der Waals surface area contributed by atoms with E-state index in [-0.39, 0.29) is 18.5 Å². The maximum absolute atomic E-state index is 10.9. The minimum Gasteiger partial charge on any atom is -0.352 e. The highest BCUT2D eigenvalue weighted by Crippen LogP contribution is 2.05. The first-order chi connectivity index (χ1) is 6.03. The van der Waals surface area contributed by atoms with Crippen molar-refractivity contribution in [3.63, 3.8) is 0 Å². The van der Waals surface area contributed by atoms with Crippen LogP contribution in [0.4, 0.5) is 0 Å². The molecule has 0 aromatic carbocycles. The summed E-state index contributed by atoms with van der Waals surface area (Å²) in [7, 11) is -3.36. The summed E-state index contributed by atoms with van der Waals surface area (Å²) < 4.78 is 24.1. The van der Waals surface area contributed by atoms with Crippen molar-refractivity contribution in [3.05, 3.63) is 0 Å². The standard InChI is InChI=1S/C6H11ClN2O3S/c7-4-13(11,12)8-3-5-1-2-6(10)9-5/h5,8H,1-4H2,(H,9,10). The van der Waals surface area contributed by atoms with Gasteiger partial charge in [0.05, 0.1) is 0 Å². The van der Waals surface area contributed by atoms with Gasteiger partial charge in [-0.25, -0.2) is 13.1 Å². The highest BCUT2D eigenvalue weighted by molar-refractivity contribution is 7.90. The molecule has 1 aliphatic rings. The van der Waals surface area contributed by atoms with Crippen LogP contribution in [0.1, 0.15) is 12.8 Å². The molecule has 1 aliphatic heterocycles. The van der Waals surface area contributed by atoms with Crippen molar-refractivity contribution in [2.75, 3.05) is 11.8 Å². The minimum atomic E-state index is -3.36. The Morgan fingerprint density at radius 3 is 2.77 bits per heavy atom. The predicted molar refractivity (Wildman–Crippen MR) is 48.8 cm³/mol. The van der Waals surface area contributed by atoms with E-state index in [1.165, 1.54) is 0 Å². The zero-order valence-corrected chi connectivity index (χ0v) is 8.49. The summed E-state index contributed by atoms with van der Waals surface area (Å²) in [6.45, 7) is 0.223. The fourth-order valence-electron chi connectivity index (χ4n) is 1.10. The molecule has 1 atom stereocenters. The maximum atomic E-state index is 10.9. The Kier molecular flexibility index (Phi) is 3.52. The average Bonchev–Trinajstić information content (AvgIpc) is 2.48. The highest BCUT2D eigenvalue weighted by atomic mass is 35.5. The summed E-state index contributed by atoms with van der Waals surface area (Å²) in [5.74, 6) is -0.0323. The third-order valence-electron chi connectivity index (χ3n) is 1.78. The Morgan fingerprint density at radius 2 is 2.31 bits per heavy atom. The van der Waals surface area contributed by atoms with Gasteiger partial charge in [-0.1, -0.05) is 0 Å². The lowest BCUT2D eigenvalue weighted by atomic mass is 10.2. The second-order valence-electron chi connectivity index (χ2n) is 2.88. The molecule has 1 fully saturated rings. The molecule has 0 aromatic heterocycles. The molecule has 0 spiro atoms. The molecule has 0 bridgehead atoms. The maximum Gasteiger partial charge on any atom is 0.225 e. The summed E-state index contributed by atoms with van der Waals surface area (Å²) in [5.41, 5.74) is 0. The minimum absolute atomic E-state index is 0.0323. The van der Waals surface area contributed by atoms with Crippen LogP contribution in [0.5, 0.6) is 0 Å². The first-order valence-corrected chi connectivity index (χ1v) is 6.05. The number of amides is 1. The number of rotatable bonds is 4. The van der Waals surface area contributed by atoms with Gasteiger partial charge in [0.2, 0.25) is 15.9 Å². The average molecular weight is 227 g/mol. The van der Waals surface area contributed by atoms with Gasteiger partial charge >= 0.3 is 0 Å². The largest absolute Gasteiger partial charge is 0.352 e. The Balaban J connectivity index is 2.31. The van der Waals surface area contributed by atoms with E-state index in [1.807, 2.05) is 0 Å². The second kappa shape index (κ2) is 4.26. The first kappa shape index (κ1) is 10.7. The monoisotopic (exact) mass is 226 g/mol. The van der Waals surface area contributed by atoms with Crippen LogP contribution < -0.4 is 10.0 Å². The van der Waals surface area contributed by atoms with Gasteiger partial charge in [-0.15, -0.1) is 11.6 Å². The third-order valence-corrected chi connectivity index (χ3v) is 3.53. The van der Waals surface area contributed by atoms with Crippen molar-refractivity contribution >= 4 is 27.5 Å². The van der Waals surface area contributed by atoms with Crippen molar-refractivity contribution in [1.82, 2.24) is 10.0 Å². The van der Waals surface area contributed by atoms with Crippen LogP contribution in [0.2, 0.25) is 0 Å². The van der Waals surface area contributed by atoms with Crippen molar-refractivity contribution in [1.29, 1.82) is 0 Å². The molecule has 0 saturated carbocycles. The molecule has 0 aromatic rings. The number of sulfonamides is 1. The summed E-state index contributed by atoms with van der Waals surface area (Å²) in [6.07, 6.45) is 1.14. The van der Waals surface area contributed by atoms with Crippen molar-refractivity contribution in [3.8, 4) is 0 Å². The number of nitrogens with one attached hydrogen (secondary N) is 2. The topological polar surface area (TPSA) is 75.3 Å². The number of carbonyl (C=O) groups excluding carboxylic acids is 1. The van der Waals surface area contributed by atoms with Gasteiger partial charge in [0.15, 0.2) is 0 Å². The van der Waals surface area contributed by atoms with Gasteiger partial charge in [-0.05, 0) is 6.42 Å². The first-order valence-electron chi connectivity index (χ1n) is 3.86. The van der Waals surface area contributed by atoms with Crippen LogP contribution in [0.15, 0.2) is 0 Å². The molecule has 13 heavy (non-hydrogen) atoms.